The third kappa shape index (κ3) is 1.83. The van der Waals surface area contributed by atoms with Crippen LogP contribution in [0.5, 0.6) is 0 Å². The van der Waals surface area contributed by atoms with E-state index in [0.29, 0.717) is 11.0 Å². The van der Waals surface area contributed by atoms with Crippen LogP contribution >= 0.6 is 15.9 Å². The summed E-state index contributed by atoms with van der Waals surface area (Å²) in [5.41, 5.74) is 0.445. The van der Waals surface area contributed by atoms with E-state index in [9.17, 15) is 14.9 Å². The molecule has 0 saturated carbocycles. The van der Waals surface area contributed by atoms with Gasteiger partial charge in [-0.15, -0.1) is 0 Å². The fourth-order valence-electron chi connectivity index (χ4n) is 1.35. The Morgan fingerprint density at radius 3 is 2.81 bits per heavy atom. The molecule has 5 nitrogen and oxygen atoms in total. The monoisotopic (exact) mass is 283 g/mol. The minimum Gasteiger partial charge on any atom is -0.453 e. The summed E-state index contributed by atoms with van der Waals surface area (Å²) in [6.07, 6.45) is 0. The van der Waals surface area contributed by atoms with Gasteiger partial charge in [0.2, 0.25) is 5.78 Å². The molecular weight excluding hydrogens is 278 g/mol. The van der Waals surface area contributed by atoms with Crippen molar-refractivity contribution in [3.63, 3.8) is 0 Å². The van der Waals surface area contributed by atoms with Gasteiger partial charge in [0.05, 0.1) is 10.3 Å². The van der Waals surface area contributed by atoms with E-state index in [1.165, 1.54) is 24.3 Å². The summed E-state index contributed by atoms with van der Waals surface area (Å²) in [6, 6.07) is 5.71. The van der Waals surface area contributed by atoms with Gasteiger partial charge < -0.3 is 4.42 Å². The molecule has 0 spiro atoms. The fraction of sp³-hybridized carbons (Fsp3) is 0.100. The number of carbonyl (C=O) groups excluding carboxylic acids is 1. The van der Waals surface area contributed by atoms with Crippen LogP contribution in [0.4, 0.5) is 5.69 Å². The lowest BCUT2D eigenvalue weighted by Crippen LogP contribution is -1.96. The number of nitro benzene ring substituents is 1. The number of rotatable bonds is 3. The third-order valence-electron chi connectivity index (χ3n) is 2.11. The number of Topliss-reactive ketones (excluding diaryl/α,β-unsaturated/α-hetero) is 1. The highest BCUT2D eigenvalue weighted by Crippen LogP contribution is 2.24. The van der Waals surface area contributed by atoms with Crippen molar-refractivity contribution < 1.29 is 14.1 Å². The number of nitro groups is 1. The van der Waals surface area contributed by atoms with E-state index < -0.39 is 4.92 Å². The number of nitrogens with zero attached hydrogens (tertiary/aromatic N) is 1. The second kappa shape index (κ2) is 4.05. The molecule has 1 aromatic carbocycles. The molecule has 2 aromatic rings. The molecule has 0 unspecified atom stereocenters. The van der Waals surface area contributed by atoms with Gasteiger partial charge in [0.15, 0.2) is 5.76 Å². The van der Waals surface area contributed by atoms with Crippen LogP contribution in [0.1, 0.15) is 10.6 Å². The van der Waals surface area contributed by atoms with Crippen LogP contribution in [0, 0.1) is 10.1 Å². The third-order valence-corrected chi connectivity index (χ3v) is 2.62. The van der Waals surface area contributed by atoms with Crippen molar-refractivity contribution in [1.29, 1.82) is 0 Å². The summed E-state index contributed by atoms with van der Waals surface area (Å²) in [7, 11) is 0. The predicted octanol–water partition coefficient (Wildman–Crippen LogP) is 2.92. The van der Waals surface area contributed by atoms with Gasteiger partial charge in [-0.3, -0.25) is 14.9 Å². The van der Waals surface area contributed by atoms with Crippen molar-refractivity contribution in [2.24, 2.45) is 0 Å². The summed E-state index contributed by atoms with van der Waals surface area (Å²) >= 11 is 3.03. The van der Waals surface area contributed by atoms with Crippen LogP contribution in [0.2, 0.25) is 0 Å². The molecule has 0 saturated heterocycles. The SMILES string of the molecule is O=C(CBr)c1cc2cc([N+](=O)[O-])ccc2o1. The number of ketones is 1. The Kier molecular flexibility index (Phi) is 2.74. The van der Waals surface area contributed by atoms with Crippen molar-refractivity contribution in [1.82, 2.24) is 0 Å². The molecule has 0 N–H and O–H groups in total. The molecule has 0 amide bonds. The lowest BCUT2D eigenvalue weighted by Gasteiger charge is -1.89. The molecule has 1 aromatic heterocycles. The molecule has 0 aliphatic rings. The first kappa shape index (κ1) is 10.8. The number of halogens is 1. The van der Waals surface area contributed by atoms with E-state index in [1.54, 1.807) is 0 Å². The number of hydrogen-bond acceptors (Lipinski definition) is 4. The highest BCUT2D eigenvalue weighted by Gasteiger charge is 2.13. The van der Waals surface area contributed by atoms with E-state index in [-0.39, 0.29) is 22.6 Å². The molecule has 0 fully saturated rings. The topological polar surface area (TPSA) is 73.3 Å². The minimum absolute atomic E-state index is 0.0221. The van der Waals surface area contributed by atoms with Gasteiger partial charge in [-0.2, -0.15) is 0 Å². The number of non-ortho nitro benzene ring substituents is 1. The smallest absolute Gasteiger partial charge is 0.270 e. The number of hydrogen-bond donors (Lipinski definition) is 0. The summed E-state index contributed by atoms with van der Waals surface area (Å²) in [5, 5.41) is 11.3. The van der Waals surface area contributed by atoms with Crippen molar-refractivity contribution in [2.45, 2.75) is 0 Å². The number of benzene rings is 1. The average Bonchev–Trinajstić information content (AvgIpc) is 2.70. The van der Waals surface area contributed by atoms with Crippen LogP contribution < -0.4 is 0 Å². The van der Waals surface area contributed by atoms with Crippen LogP contribution in [0.25, 0.3) is 11.0 Å². The zero-order valence-electron chi connectivity index (χ0n) is 7.97. The van der Waals surface area contributed by atoms with E-state index in [2.05, 4.69) is 15.9 Å². The molecule has 1 heterocycles. The molecule has 0 radical (unpaired) electrons. The van der Waals surface area contributed by atoms with Crippen molar-refractivity contribution >= 4 is 38.4 Å². The Labute approximate surface area is 98.3 Å². The second-order valence-electron chi connectivity index (χ2n) is 3.15. The van der Waals surface area contributed by atoms with E-state index in [4.69, 9.17) is 4.42 Å². The highest BCUT2D eigenvalue weighted by atomic mass is 79.9. The molecule has 0 bridgehead atoms. The number of carbonyl (C=O) groups is 1. The standard InChI is InChI=1S/C10H6BrNO4/c11-5-8(13)10-4-6-3-7(12(14)15)1-2-9(6)16-10/h1-4H,5H2. The molecular formula is C10H6BrNO4. The van der Waals surface area contributed by atoms with Crippen molar-refractivity contribution in [2.75, 3.05) is 5.33 Å². The van der Waals surface area contributed by atoms with Crippen LogP contribution in [0.3, 0.4) is 0 Å². The maximum Gasteiger partial charge on any atom is 0.270 e. The lowest BCUT2D eigenvalue weighted by molar-refractivity contribution is -0.384. The fourth-order valence-corrected chi connectivity index (χ4v) is 1.62. The molecule has 16 heavy (non-hydrogen) atoms. The Hall–Kier alpha value is -1.69. The summed E-state index contributed by atoms with van der Waals surface area (Å²) < 4.78 is 5.25. The van der Waals surface area contributed by atoms with Crippen LogP contribution in [0.15, 0.2) is 28.7 Å². The Balaban J connectivity index is 2.54. The highest BCUT2D eigenvalue weighted by molar-refractivity contribution is 9.09. The predicted molar refractivity (Wildman–Crippen MR) is 61.0 cm³/mol. The Morgan fingerprint density at radius 2 is 2.19 bits per heavy atom. The van der Waals surface area contributed by atoms with Gasteiger partial charge in [-0.05, 0) is 12.1 Å². The van der Waals surface area contributed by atoms with Gasteiger partial charge in [-0.1, -0.05) is 15.9 Å². The second-order valence-corrected chi connectivity index (χ2v) is 3.71. The van der Waals surface area contributed by atoms with Gasteiger partial charge in [0.25, 0.3) is 5.69 Å². The zero-order chi connectivity index (χ0) is 11.7. The first-order chi connectivity index (χ1) is 7.61. The van der Waals surface area contributed by atoms with Gasteiger partial charge in [0, 0.05) is 17.5 Å². The molecule has 0 atom stereocenters. The van der Waals surface area contributed by atoms with E-state index in [1.807, 2.05) is 0 Å². The summed E-state index contributed by atoms with van der Waals surface area (Å²) in [4.78, 5) is 21.4. The normalized spacial score (nSPS) is 10.6. The summed E-state index contributed by atoms with van der Waals surface area (Å²) in [5.74, 6) is 0.00576. The average molecular weight is 284 g/mol. The Bertz CT molecular complexity index is 575. The summed E-state index contributed by atoms with van der Waals surface area (Å²) in [6.45, 7) is 0. The maximum absolute atomic E-state index is 11.3. The molecule has 0 aliphatic heterocycles. The molecule has 0 aliphatic carbocycles. The first-order valence-electron chi connectivity index (χ1n) is 4.39. The van der Waals surface area contributed by atoms with Gasteiger partial charge in [0.1, 0.15) is 5.58 Å². The maximum atomic E-state index is 11.3. The van der Waals surface area contributed by atoms with Gasteiger partial charge >= 0.3 is 0 Å². The molecule has 2 rings (SSSR count). The van der Waals surface area contributed by atoms with Crippen molar-refractivity contribution in [3.8, 4) is 0 Å². The number of alkyl halides is 1. The van der Waals surface area contributed by atoms with Gasteiger partial charge in [-0.25, -0.2) is 0 Å². The first-order valence-corrected chi connectivity index (χ1v) is 5.51. The number of fused-ring (bicyclic) bond motifs is 1. The Morgan fingerprint density at radius 1 is 1.44 bits per heavy atom. The molecule has 6 heteroatoms. The molecule has 82 valence electrons. The van der Waals surface area contributed by atoms with Crippen molar-refractivity contribution in [3.05, 3.63) is 40.1 Å². The van der Waals surface area contributed by atoms with Crippen LogP contribution in [-0.2, 0) is 0 Å². The van der Waals surface area contributed by atoms with Crippen LogP contribution in [-0.4, -0.2) is 16.0 Å². The minimum atomic E-state index is -0.488. The zero-order valence-corrected chi connectivity index (χ0v) is 9.56. The quantitative estimate of drug-likeness (QED) is 0.376. The lowest BCUT2D eigenvalue weighted by atomic mass is 10.2. The largest absolute Gasteiger partial charge is 0.453 e. The van der Waals surface area contributed by atoms with E-state index in [0.717, 1.165) is 0 Å². The van der Waals surface area contributed by atoms with E-state index >= 15 is 0 Å². The number of furan rings is 1.